The number of ether oxygens (including phenoxy) is 1. The lowest BCUT2D eigenvalue weighted by Crippen LogP contribution is -2.43. The molecule has 4 aromatic heterocycles. The van der Waals surface area contributed by atoms with Gasteiger partial charge in [0, 0.05) is 56.4 Å². The van der Waals surface area contributed by atoms with Crippen LogP contribution in [0.5, 0.6) is 0 Å². The van der Waals surface area contributed by atoms with E-state index in [1.807, 2.05) is 42.5 Å². The van der Waals surface area contributed by atoms with E-state index < -0.39 is 22.0 Å². The predicted molar refractivity (Wildman–Crippen MR) is 171 cm³/mol. The van der Waals surface area contributed by atoms with Gasteiger partial charge in [-0.3, -0.25) is 0 Å². The van der Waals surface area contributed by atoms with Gasteiger partial charge in [0.05, 0.1) is 42.0 Å². The fourth-order valence-electron chi connectivity index (χ4n) is 5.50. The molecule has 6 heterocycles. The van der Waals surface area contributed by atoms with E-state index in [0.717, 1.165) is 61.7 Å². The number of anilines is 2. The Labute approximate surface area is 272 Å². The van der Waals surface area contributed by atoms with Crippen molar-refractivity contribution in [2.24, 2.45) is 0 Å². The van der Waals surface area contributed by atoms with Crippen LogP contribution in [0.25, 0.3) is 27.8 Å². The van der Waals surface area contributed by atoms with Crippen molar-refractivity contribution in [3.63, 3.8) is 0 Å². The van der Waals surface area contributed by atoms with Gasteiger partial charge in [-0.2, -0.15) is 18.3 Å². The molecule has 2 aliphatic heterocycles. The average Bonchev–Trinajstić information content (AvgIpc) is 3.46. The minimum absolute atomic E-state index is 0.0211. The number of carboxylic acids is 1. The van der Waals surface area contributed by atoms with E-state index in [2.05, 4.69) is 25.2 Å². The van der Waals surface area contributed by atoms with Crippen LogP contribution < -0.4 is 15.1 Å². The number of hydrogen-bond acceptors (Lipinski definition) is 11. The lowest BCUT2D eigenvalue weighted by atomic mass is 10.2. The smallest absolute Gasteiger partial charge is 0.475 e. The van der Waals surface area contributed by atoms with Crippen LogP contribution in [0.2, 0.25) is 0 Å². The molecule has 0 amide bonds. The van der Waals surface area contributed by atoms with Gasteiger partial charge >= 0.3 is 12.1 Å². The lowest BCUT2D eigenvalue weighted by molar-refractivity contribution is -0.192. The standard InChI is InChI=1S/C29H30N8O3S.C2HF3O2/c38-41(39,27-8-6-21-3-1-2-4-23(21)33-27)20-24-28(22-5-7-26(31-19-22)36-13-11-30-12-14-36)37-29(34-24)25(9-10-32-37)35-15-17-40-18-16-35;3-2(4,5)1(6)7/h1-10,19,30H,11-18,20H2;(H,6,7). The molecule has 0 saturated carbocycles. The molecule has 2 N–H and O–H groups in total. The third kappa shape index (κ3) is 7.17. The van der Waals surface area contributed by atoms with Crippen LogP contribution in [0, 0.1) is 0 Å². The second-order valence-electron chi connectivity index (χ2n) is 11.0. The van der Waals surface area contributed by atoms with Gasteiger partial charge in [0.25, 0.3) is 0 Å². The Balaban J connectivity index is 0.000000519. The zero-order chi connectivity index (χ0) is 33.9. The molecule has 2 aliphatic rings. The molecule has 252 valence electrons. The number of fused-ring (bicyclic) bond motifs is 2. The summed E-state index contributed by atoms with van der Waals surface area (Å²) in [5, 5.41) is 16.0. The third-order valence-corrected chi connectivity index (χ3v) is 9.36. The molecule has 0 aliphatic carbocycles. The van der Waals surface area contributed by atoms with Crippen LogP contribution in [-0.2, 0) is 25.1 Å². The average molecular weight is 685 g/mol. The number of aliphatic carboxylic acids is 1. The van der Waals surface area contributed by atoms with Crippen molar-refractivity contribution in [1.29, 1.82) is 0 Å². The maximum atomic E-state index is 13.8. The van der Waals surface area contributed by atoms with E-state index in [9.17, 15) is 21.6 Å². The molecule has 48 heavy (non-hydrogen) atoms. The van der Waals surface area contributed by atoms with Gasteiger partial charge in [-0.05, 0) is 36.4 Å². The molecule has 1 aromatic carbocycles. The number of sulfone groups is 1. The van der Waals surface area contributed by atoms with Crippen molar-refractivity contribution in [2.75, 3.05) is 62.3 Å². The number of rotatable bonds is 6. The van der Waals surface area contributed by atoms with Gasteiger partial charge in [-0.1, -0.05) is 18.2 Å². The largest absolute Gasteiger partial charge is 0.490 e. The maximum absolute atomic E-state index is 13.8. The number of halogens is 3. The Morgan fingerprint density at radius 3 is 2.35 bits per heavy atom. The van der Waals surface area contributed by atoms with Crippen LogP contribution in [-0.4, -0.2) is 103 Å². The fraction of sp³-hybridized carbons (Fsp3) is 0.323. The Morgan fingerprint density at radius 1 is 0.938 bits per heavy atom. The number of para-hydroxylation sites is 1. The number of alkyl halides is 3. The lowest BCUT2D eigenvalue weighted by Gasteiger charge is -2.28. The second kappa shape index (κ2) is 13.7. The van der Waals surface area contributed by atoms with Gasteiger partial charge in [0.1, 0.15) is 11.6 Å². The number of aromatic nitrogens is 5. The molecular formula is C31H31F3N8O5S. The number of piperazine rings is 1. The molecule has 5 aromatic rings. The van der Waals surface area contributed by atoms with Gasteiger partial charge < -0.3 is 25.0 Å². The number of pyridine rings is 2. The highest BCUT2D eigenvalue weighted by atomic mass is 32.2. The number of morpholine rings is 1. The summed E-state index contributed by atoms with van der Waals surface area (Å²) in [5.74, 6) is -2.19. The molecule has 0 radical (unpaired) electrons. The summed E-state index contributed by atoms with van der Waals surface area (Å²) in [5.41, 5.74) is 3.89. The van der Waals surface area contributed by atoms with E-state index in [0.29, 0.717) is 35.8 Å². The van der Waals surface area contributed by atoms with E-state index in [4.69, 9.17) is 24.6 Å². The Bertz CT molecular complexity index is 2030. The molecule has 13 nitrogen and oxygen atoms in total. The molecule has 0 spiro atoms. The number of imidazole rings is 1. The minimum atomic E-state index is -5.08. The first-order chi connectivity index (χ1) is 23.0. The fourth-order valence-corrected chi connectivity index (χ4v) is 6.72. The van der Waals surface area contributed by atoms with Crippen LogP contribution in [0.1, 0.15) is 5.69 Å². The quantitative estimate of drug-likeness (QED) is 0.270. The van der Waals surface area contributed by atoms with Gasteiger partial charge in [-0.25, -0.2) is 32.7 Å². The summed E-state index contributed by atoms with van der Waals surface area (Å²) in [7, 11) is -3.83. The van der Waals surface area contributed by atoms with Crippen LogP contribution in [0.3, 0.4) is 0 Å². The van der Waals surface area contributed by atoms with Crippen LogP contribution in [0.4, 0.5) is 24.7 Å². The Morgan fingerprint density at radius 2 is 1.67 bits per heavy atom. The van der Waals surface area contributed by atoms with E-state index >= 15 is 0 Å². The van der Waals surface area contributed by atoms with Crippen molar-refractivity contribution < 1.29 is 36.2 Å². The number of nitrogens with one attached hydrogen (secondary N) is 1. The first-order valence-corrected chi connectivity index (χ1v) is 16.7. The summed E-state index contributed by atoms with van der Waals surface area (Å²) >= 11 is 0. The summed E-state index contributed by atoms with van der Waals surface area (Å²) in [4.78, 5) is 27.5. The highest BCUT2D eigenvalue weighted by Crippen LogP contribution is 2.32. The van der Waals surface area contributed by atoms with Crippen molar-refractivity contribution >= 4 is 43.9 Å². The van der Waals surface area contributed by atoms with E-state index in [1.54, 1.807) is 29.0 Å². The predicted octanol–water partition coefficient (Wildman–Crippen LogP) is 3.19. The zero-order valence-electron chi connectivity index (χ0n) is 25.5. The molecule has 0 unspecified atom stereocenters. The zero-order valence-corrected chi connectivity index (χ0v) is 26.3. The number of nitrogens with zero attached hydrogens (tertiary/aromatic N) is 7. The molecule has 0 atom stereocenters. The normalized spacial score (nSPS) is 15.7. The van der Waals surface area contributed by atoms with Crippen LogP contribution in [0.15, 0.2) is 72.0 Å². The second-order valence-corrected chi connectivity index (χ2v) is 12.9. The molecule has 2 saturated heterocycles. The number of hydrogen-bond donors (Lipinski definition) is 2. The Kier molecular flexibility index (Phi) is 9.43. The molecule has 7 rings (SSSR count). The van der Waals surface area contributed by atoms with Crippen molar-refractivity contribution in [2.45, 2.75) is 17.0 Å². The van der Waals surface area contributed by atoms with Crippen molar-refractivity contribution in [3.05, 3.63) is 72.7 Å². The molecule has 17 heteroatoms. The first-order valence-electron chi connectivity index (χ1n) is 15.0. The Hall–Kier alpha value is -4.87. The highest BCUT2D eigenvalue weighted by molar-refractivity contribution is 7.90. The SMILES string of the molecule is O=C(O)C(F)(F)F.O=S(=O)(Cc1nc2c(N3CCOCC3)ccnn2c1-c1ccc(N2CCNCC2)nc1)c1ccc2ccccc2n1. The number of benzene rings is 1. The van der Waals surface area contributed by atoms with E-state index in [-0.39, 0.29) is 10.8 Å². The van der Waals surface area contributed by atoms with Gasteiger partial charge in [0.2, 0.25) is 9.84 Å². The highest BCUT2D eigenvalue weighted by Gasteiger charge is 2.38. The summed E-state index contributed by atoms with van der Waals surface area (Å²) in [6.07, 6.45) is -1.57. The molecule has 2 fully saturated rings. The summed E-state index contributed by atoms with van der Waals surface area (Å²) < 4.78 is 66.6. The van der Waals surface area contributed by atoms with Gasteiger partial charge in [-0.15, -0.1) is 0 Å². The topological polar surface area (TPSA) is 155 Å². The van der Waals surface area contributed by atoms with Crippen molar-refractivity contribution in [3.8, 4) is 11.3 Å². The first kappa shape index (κ1) is 33.0. The number of carbonyl (C=O) groups is 1. The molecule has 0 bridgehead atoms. The molecular weight excluding hydrogens is 653 g/mol. The minimum Gasteiger partial charge on any atom is -0.475 e. The summed E-state index contributed by atoms with van der Waals surface area (Å²) in [6.45, 7) is 6.27. The van der Waals surface area contributed by atoms with Crippen molar-refractivity contribution in [1.82, 2.24) is 29.9 Å². The van der Waals surface area contributed by atoms with Crippen LogP contribution >= 0.6 is 0 Å². The summed E-state index contributed by atoms with van der Waals surface area (Å²) in [6, 6.07) is 16.7. The van der Waals surface area contributed by atoms with Gasteiger partial charge in [0.15, 0.2) is 10.7 Å². The maximum Gasteiger partial charge on any atom is 0.490 e. The van der Waals surface area contributed by atoms with E-state index in [1.165, 1.54) is 0 Å². The third-order valence-electron chi connectivity index (χ3n) is 7.85. The number of carboxylic acid groups (broad SMARTS) is 1. The monoisotopic (exact) mass is 684 g/mol.